The minimum absolute atomic E-state index is 0.275. The molecule has 1 aromatic rings. The molecule has 1 aromatic carbocycles. The molecule has 0 radical (unpaired) electrons. The molecular weight excluding hydrogens is 206 g/mol. The standard InChI is InChI=1S/C11H11N3O2/c1-8(14-6-12)13-5-9-2-3-10-11(4-9)16-7-15-10/h2-4H,5,7H2,1H3,(H,13,14). The fourth-order valence-electron chi connectivity index (χ4n) is 1.37. The van der Waals surface area contributed by atoms with Gasteiger partial charge in [0.05, 0.1) is 6.54 Å². The summed E-state index contributed by atoms with van der Waals surface area (Å²) >= 11 is 0. The van der Waals surface area contributed by atoms with Gasteiger partial charge in [-0.3, -0.25) is 10.3 Å². The van der Waals surface area contributed by atoms with Gasteiger partial charge >= 0.3 is 0 Å². The maximum absolute atomic E-state index is 8.38. The highest BCUT2D eigenvalue weighted by Crippen LogP contribution is 2.32. The van der Waals surface area contributed by atoms with Crippen molar-refractivity contribution in [3.05, 3.63) is 23.8 Å². The summed E-state index contributed by atoms with van der Waals surface area (Å²) in [6.07, 6.45) is 1.82. The van der Waals surface area contributed by atoms with Gasteiger partial charge in [-0.05, 0) is 24.6 Å². The third-order valence-corrected chi connectivity index (χ3v) is 2.17. The predicted molar refractivity (Wildman–Crippen MR) is 58.1 cm³/mol. The quantitative estimate of drug-likeness (QED) is 0.352. The van der Waals surface area contributed by atoms with Crippen molar-refractivity contribution in [2.24, 2.45) is 4.99 Å². The summed E-state index contributed by atoms with van der Waals surface area (Å²) in [5.74, 6) is 2.11. The molecule has 0 aromatic heterocycles. The fraction of sp³-hybridized carbons (Fsp3) is 0.273. The van der Waals surface area contributed by atoms with Gasteiger partial charge in [0.1, 0.15) is 5.84 Å². The summed E-state index contributed by atoms with van der Waals surface area (Å²) < 4.78 is 10.5. The van der Waals surface area contributed by atoms with Crippen molar-refractivity contribution in [3.63, 3.8) is 0 Å². The first kappa shape index (κ1) is 10.3. The Hall–Kier alpha value is -2.22. The summed E-state index contributed by atoms with van der Waals surface area (Å²) in [6, 6.07) is 5.68. The number of nitrogens with one attached hydrogen (secondary N) is 1. The van der Waals surface area contributed by atoms with Crippen LogP contribution in [0.2, 0.25) is 0 Å². The molecule has 5 heteroatoms. The molecule has 0 amide bonds. The van der Waals surface area contributed by atoms with Crippen LogP contribution in [0.1, 0.15) is 12.5 Å². The maximum Gasteiger partial charge on any atom is 0.231 e. The van der Waals surface area contributed by atoms with Crippen LogP contribution in [0, 0.1) is 11.5 Å². The average molecular weight is 217 g/mol. The third-order valence-electron chi connectivity index (χ3n) is 2.17. The smallest absolute Gasteiger partial charge is 0.231 e. The lowest BCUT2D eigenvalue weighted by Crippen LogP contribution is -2.13. The van der Waals surface area contributed by atoms with Crippen molar-refractivity contribution in [2.45, 2.75) is 13.5 Å². The lowest BCUT2D eigenvalue weighted by molar-refractivity contribution is 0.174. The van der Waals surface area contributed by atoms with Gasteiger partial charge in [0, 0.05) is 0 Å². The van der Waals surface area contributed by atoms with Gasteiger partial charge < -0.3 is 9.47 Å². The molecule has 1 heterocycles. The first-order chi connectivity index (χ1) is 7.79. The normalized spacial score (nSPS) is 13.4. The molecular formula is C11H11N3O2. The summed E-state index contributed by atoms with van der Waals surface area (Å²) in [5, 5.41) is 10.8. The Morgan fingerprint density at radius 2 is 2.31 bits per heavy atom. The number of hydrogen-bond donors (Lipinski definition) is 1. The number of fused-ring (bicyclic) bond motifs is 1. The number of rotatable bonds is 2. The molecule has 0 atom stereocenters. The molecule has 0 bridgehead atoms. The molecule has 0 saturated carbocycles. The number of nitrogens with zero attached hydrogens (tertiary/aromatic N) is 2. The van der Waals surface area contributed by atoms with E-state index in [0.717, 1.165) is 17.1 Å². The zero-order chi connectivity index (χ0) is 11.4. The van der Waals surface area contributed by atoms with Crippen LogP contribution in [0.15, 0.2) is 23.2 Å². The van der Waals surface area contributed by atoms with Gasteiger partial charge in [-0.1, -0.05) is 6.07 Å². The van der Waals surface area contributed by atoms with Gasteiger partial charge in [-0.25, -0.2) is 0 Å². The SMILES string of the molecule is CC(=NCc1ccc2c(c1)OCO2)NC#N. The first-order valence-electron chi connectivity index (χ1n) is 4.84. The highest BCUT2D eigenvalue weighted by Gasteiger charge is 2.12. The van der Waals surface area contributed by atoms with E-state index >= 15 is 0 Å². The number of amidine groups is 1. The zero-order valence-corrected chi connectivity index (χ0v) is 8.86. The molecule has 0 saturated heterocycles. The van der Waals surface area contributed by atoms with Crippen molar-refractivity contribution in [1.82, 2.24) is 5.32 Å². The van der Waals surface area contributed by atoms with E-state index in [1.807, 2.05) is 24.4 Å². The molecule has 0 spiro atoms. The molecule has 82 valence electrons. The number of nitriles is 1. The Kier molecular flexibility index (Phi) is 2.92. The van der Waals surface area contributed by atoms with Crippen LogP contribution in [-0.4, -0.2) is 12.6 Å². The van der Waals surface area contributed by atoms with Crippen molar-refractivity contribution >= 4 is 5.84 Å². The van der Waals surface area contributed by atoms with E-state index in [-0.39, 0.29) is 6.79 Å². The minimum Gasteiger partial charge on any atom is -0.454 e. The Labute approximate surface area is 93.3 Å². The lowest BCUT2D eigenvalue weighted by atomic mass is 10.2. The summed E-state index contributed by atoms with van der Waals surface area (Å²) in [6.45, 7) is 2.53. The number of hydrogen-bond acceptors (Lipinski definition) is 4. The molecule has 5 nitrogen and oxygen atoms in total. The van der Waals surface area contributed by atoms with Crippen LogP contribution in [0.5, 0.6) is 11.5 Å². The molecule has 1 N–H and O–H groups in total. The van der Waals surface area contributed by atoms with Crippen molar-refractivity contribution < 1.29 is 9.47 Å². The second-order valence-electron chi connectivity index (χ2n) is 3.33. The summed E-state index contributed by atoms with van der Waals surface area (Å²) in [7, 11) is 0. The molecule has 0 aliphatic carbocycles. The van der Waals surface area contributed by atoms with Gasteiger partial charge in [0.15, 0.2) is 17.7 Å². The van der Waals surface area contributed by atoms with Crippen LogP contribution in [0.3, 0.4) is 0 Å². The largest absolute Gasteiger partial charge is 0.454 e. The molecule has 1 aliphatic rings. The highest BCUT2D eigenvalue weighted by molar-refractivity contribution is 5.80. The van der Waals surface area contributed by atoms with Crippen LogP contribution in [0.25, 0.3) is 0 Å². The first-order valence-corrected chi connectivity index (χ1v) is 4.84. The zero-order valence-electron chi connectivity index (χ0n) is 8.86. The Morgan fingerprint density at radius 3 is 3.12 bits per heavy atom. The van der Waals surface area contributed by atoms with Crippen LogP contribution in [0.4, 0.5) is 0 Å². The Morgan fingerprint density at radius 1 is 1.50 bits per heavy atom. The molecule has 1 aliphatic heterocycles. The van der Waals surface area contributed by atoms with E-state index in [1.54, 1.807) is 6.92 Å². The topological polar surface area (TPSA) is 66.6 Å². The summed E-state index contributed by atoms with van der Waals surface area (Å²) in [4.78, 5) is 4.20. The average Bonchev–Trinajstić information content (AvgIpc) is 2.74. The van der Waals surface area contributed by atoms with E-state index in [1.165, 1.54) is 0 Å². The van der Waals surface area contributed by atoms with Gasteiger partial charge in [-0.15, -0.1) is 0 Å². The van der Waals surface area contributed by atoms with Crippen molar-refractivity contribution in [3.8, 4) is 17.7 Å². The fourth-order valence-corrected chi connectivity index (χ4v) is 1.37. The van der Waals surface area contributed by atoms with Crippen molar-refractivity contribution in [2.75, 3.05) is 6.79 Å². The Bertz CT molecular complexity index is 463. The number of benzene rings is 1. The van der Waals surface area contributed by atoms with Gasteiger partial charge in [0.2, 0.25) is 6.79 Å². The van der Waals surface area contributed by atoms with E-state index in [4.69, 9.17) is 14.7 Å². The van der Waals surface area contributed by atoms with Crippen LogP contribution < -0.4 is 14.8 Å². The van der Waals surface area contributed by atoms with Gasteiger partial charge in [-0.2, -0.15) is 5.26 Å². The maximum atomic E-state index is 8.38. The van der Waals surface area contributed by atoms with E-state index in [2.05, 4.69) is 10.3 Å². The third kappa shape index (κ3) is 2.23. The van der Waals surface area contributed by atoms with E-state index in [0.29, 0.717) is 12.4 Å². The highest BCUT2D eigenvalue weighted by atomic mass is 16.7. The second-order valence-corrected chi connectivity index (χ2v) is 3.33. The van der Waals surface area contributed by atoms with Crippen LogP contribution in [-0.2, 0) is 6.54 Å². The Balaban J connectivity index is 2.06. The van der Waals surface area contributed by atoms with E-state index in [9.17, 15) is 0 Å². The summed E-state index contributed by atoms with van der Waals surface area (Å²) in [5.41, 5.74) is 1.02. The minimum atomic E-state index is 0.275. The molecule has 0 unspecified atom stereocenters. The number of aliphatic imine (C=N–C) groups is 1. The van der Waals surface area contributed by atoms with Crippen molar-refractivity contribution in [1.29, 1.82) is 5.26 Å². The molecule has 2 rings (SSSR count). The van der Waals surface area contributed by atoms with Crippen LogP contribution >= 0.6 is 0 Å². The molecule has 0 fully saturated rings. The van der Waals surface area contributed by atoms with Gasteiger partial charge in [0.25, 0.3) is 0 Å². The second kappa shape index (κ2) is 4.53. The van der Waals surface area contributed by atoms with E-state index < -0.39 is 0 Å². The molecule has 16 heavy (non-hydrogen) atoms. The monoisotopic (exact) mass is 217 g/mol. The number of ether oxygens (including phenoxy) is 2. The lowest BCUT2D eigenvalue weighted by Gasteiger charge is -2.00. The predicted octanol–water partition coefficient (Wildman–Crippen LogP) is 1.40.